The Balaban J connectivity index is 1.40. The van der Waals surface area contributed by atoms with Crippen molar-refractivity contribution in [1.29, 1.82) is 0 Å². The molecule has 0 saturated heterocycles. The van der Waals surface area contributed by atoms with Crippen LogP contribution < -0.4 is 14.8 Å². The van der Waals surface area contributed by atoms with Gasteiger partial charge in [0.15, 0.2) is 16.6 Å². The molecule has 0 radical (unpaired) electrons. The van der Waals surface area contributed by atoms with E-state index in [1.54, 1.807) is 11.3 Å². The van der Waals surface area contributed by atoms with Gasteiger partial charge in [0.25, 0.3) is 0 Å². The third-order valence-electron chi connectivity index (χ3n) is 5.50. The van der Waals surface area contributed by atoms with Crippen LogP contribution in [0.5, 0.6) is 11.5 Å². The Kier molecular flexibility index (Phi) is 4.65. The van der Waals surface area contributed by atoms with E-state index < -0.39 is 0 Å². The second-order valence-corrected chi connectivity index (χ2v) is 9.26. The average Bonchev–Trinajstić information content (AvgIpc) is 3.10. The van der Waals surface area contributed by atoms with Crippen LogP contribution in [0, 0.1) is 0 Å². The van der Waals surface area contributed by atoms with Crippen molar-refractivity contribution in [3.05, 3.63) is 69.7 Å². The summed E-state index contributed by atoms with van der Waals surface area (Å²) in [6, 6.07) is 14.3. The maximum atomic E-state index is 6.23. The number of nitrogens with one attached hydrogen (secondary N) is 1. The molecule has 1 atom stereocenters. The summed E-state index contributed by atoms with van der Waals surface area (Å²) in [5.41, 5.74) is 2.31. The molecule has 1 aliphatic carbocycles. The molecule has 2 heterocycles. The number of rotatable bonds is 6. The summed E-state index contributed by atoms with van der Waals surface area (Å²) in [5.74, 6) is 1.64. The molecule has 29 heavy (non-hydrogen) atoms. The number of anilines is 1. The second kappa shape index (κ2) is 7.20. The summed E-state index contributed by atoms with van der Waals surface area (Å²) < 4.78 is 11.0. The molecular weight excluding hydrogens is 406 g/mol. The zero-order valence-electron chi connectivity index (χ0n) is 16.3. The quantitative estimate of drug-likeness (QED) is 0.580. The minimum atomic E-state index is -0.0697. The first-order valence-corrected chi connectivity index (χ1v) is 10.8. The number of nitrogens with zero attached hydrogens (tertiary/aromatic N) is 2. The summed E-state index contributed by atoms with van der Waals surface area (Å²) in [7, 11) is 4.15. The van der Waals surface area contributed by atoms with E-state index in [1.165, 1.54) is 10.4 Å². The van der Waals surface area contributed by atoms with Crippen molar-refractivity contribution in [1.82, 2.24) is 9.88 Å². The summed E-state index contributed by atoms with van der Waals surface area (Å²) in [6.45, 7) is 0.296. The largest absolute Gasteiger partial charge is 0.454 e. The van der Waals surface area contributed by atoms with Gasteiger partial charge in [-0.1, -0.05) is 29.8 Å². The van der Waals surface area contributed by atoms with Gasteiger partial charge in [0, 0.05) is 16.1 Å². The maximum Gasteiger partial charge on any atom is 0.231 e. The minimum absolute atomic E-state index is 0.0697. The molecule has 1 aromatic heterocycles. The van der Waals surface area contributed by atoms with Gasteiger partial charge in [0.05, 0.1) is 11.6 Å². The van der Waals surface area contributed by atoms with Crippen molar-refractivity contribution in [2.45, 2.75) is 24.4 Å². The molecular formula is C22H22ClN3O2S. The van der Waals surface area contributed by atoms with Gasteiger partial charge in [-0.2, -0.15) is 0 Å². The lowest BCUT2D eigenvalue weighted by Crippen LogP contribution is -2.20. The van der Waals surface area contributed by atoms with Gasteiger partial charge in [-0.3, -0.25) is 4.90 Å². The van der Waals surface area contributed by atoms with Crippen LogP contribution >= 0.6 is 22.9 Å². The number of benzene rings is 2. The van der Waals surface area contributed by atoms with Crippen molar-refractivity contribution in [2.24, 2.45) is 0 Å². The Morgan fingerprint density at radius 2 is 1.97 bits per heavy atom. The fourth-order valence-electron chi connectivity index (χ4n) is 3.87. The van der Waals surface area contributed by atoms with Gasteiger partial charge in [0.1, 0.15) is 0 Å². The van der Waals surface area contributed by atoms with Gasteiger partial charge in [-0.05, 0) is 62.3 Å². The summed E-state index contributed by atoms with van der Waals surface area (Å²) >= 11 is 7.92. The van der Waals surface area contributed by atoms with Crippen LogP contribution in [0.1, 0.15) is 34.9 Å². The minimum Gasteiger partial charge on any atom is -0.454 e. The summed E-state index contributed by atoms with van der Waals surface area (Å²) in [4.78, 5) is 8.05. The van der Waals surface area contributed by atoms with E-state index in [0.29, 0.717) is 6.79 Å². The first kappa shape index (κ1) is 18.7. The third kappa shape index (κ3) is 3.56. The zero-order valence-corrected chi connectivity index (χ0v) is 17.9. The Morgan fingerprint density at radius 1 is 1.14 bits per heavy atom. The first-order valence-electron chi connectivity index (χ1n) is 9.60. The van der Waals surface area contributed by atoms with Crippen LogP contribution in [0.2, 0.25) is 5.02 Å². The number of thiazole rings is 1. The van der Waals surface area contributed by atoms with Gasteiger partial charge >= 0.3 is 0 Å². The Labute approximate surface area is 179 Å². The average molecular weight is 428 g/mol. The van der Waals surface area contributed by atoms with Crippen LogP contribution in [-0.4, -0.2) is 30.8 Å². The molecule has 2 aliphatic rings. The van der Waals surface area contributed by atoms with Gasteiger partial charge < -0.3 is 14.8 Å². The predicted molar refractivity (Wildman–Crippen MR) is 116 cm³/mol. The summed E-state index contributed by atoms with van der Waals surface area (Å²) in [6.07, 6.45) is 4.12. The highest BCUT2D eigenvalue weighted by Gasteiger charge is 2.45. The van der Waals surface area contributed by atoms with Crippen molar-refractivity contribution in [3.8, 4) is 11.5 Å². The number of ether oxygens (including phenoxy) is 2. The SMILES string of the molecule is CN(C)C(c1cccc(Cl)c1)c1cnc(NC2(c3ccc4c(c3)OCO4)CC2)s1. The van der Waals surface area contributed by atoms with E-state index in [1.807, 2.05) is 30.5 Å². The molecule has 1 unspecified atom stereocenters. The molecule has 150 valence electrons. The van der Waals surface area contributed by atoms with Crippen molar-refractivity contribution in [2.75, 3.05) is 26.2 Å². The van der Waals surface area contributed by atoms with Crippen LogP contribution in [0.4, 0.5) is 5.13 Å². The lowest BCUT2D eigenvalue weighted by molar-refractivity contribution is 0.174. The highest BCUT2D eigenvalue weighted by atomic mass is 35.5. The smallest absolute Gasteiger partial charge is 0.231 e. The van der Waals surface area contributed by atoms with Crippen LogP contribution in [0.15, 0.2) is 48.7 Å². The monoisotopic (exact) mass is 427 g/mol. The molecule has 1 aliphatic heterocycles. The zero-order chi connectivity index (χ0) is 20.0. The number of halogens is 1. The molecule has 0 spiro atoms. The normalized spacial score (nSPS) is 17.4. The molecule has 0 amide bonds. The third-order valence-corrected chi connectivity index (χ3v) is 6.70. The lowest BCUT2D eigenvalue weighted by atomic mass is 10.0. The highest BCUT2D eigenvalue weighted by Crippen LogP contribution is 2.51. The molecule has 1 N–H and O–H groups in total. The number of hydrogen-bond acceptors (Lipinski definition) is 6. The van der Waals surface area contributed by atoms with Gasteiger partial charge in [-0.25, -0.2) is 4.98 Å². The van der Waals surface area contributed by atoms with Crippen molar-refractivity contribution >= 4 is 28.1 Å². The van der Waals surface area contributed by atoms with E-state index in [0.717, 1.165) is 40.1 Å². The standard InChI is InChI=1S/C22H22ClN3O2S/c1-26(2)20(14-4-3-5-16(23)10-14)19-12-24-21(29-19)25-22(8-9-22)15-6-7-17-18(11-15)28-13-27-17/h3-7,10-12,20H,8-9,13H2,1-2H3,(H,24,25). The predicted octanol–water partition coefficient (Wildman–Crippen LogP) is 5.28. The van der Waals surface area contributed by atoms with Crippen molar-refractivity contribution in [3.63, 3.8) is 0 Å². The Bertz CT molecular complexity index is 1050. The van der Waals surface area contributed by atoms with Gasteiger partial charge in [-0.15, -0.1) is 11.3 Å². The molecule has 1 saturated carbocycles. The first-order chi connectivity index (χ1) is 14.0. The Hall–Kier alpha value is -2.28. The molecule has 5 nitrogen and oxygen atoms in total. The fraction of sp³-hybridized carbons (Fsp3) is 0.318. The van der Waals surface area contributed by atoms with Gasteiger partial charge in [0.2, 0.25) is 6.79 Å². The van der Waals surface area contributed by atoms with E-state index in [4.69, 9.17) is 21.1 Å². The number of fused-ring (bicyclic) bond motifs is 1. The highest BCUT2D eigenvalue weighted by molar-refractivity contribution is 7.15. The fourth-order valence-corrected chi connectivity index (χ4v) is 5.21. The van der Waals surface area contributed by atoms with Crippen LogP contribution in [0.25, 0.3) is 0 Å². The topological polar surface area (TPSA) is 46.6 Å². The second-order valence-electron chi connectivity index (χ2n) is 7.76. The van der Waals surface area contributed by atoms with Crippen molar-refractivity contribution < 1.29 is 9.47 Å². The van der Waals surface area contributed by atoms with E-state index in [2.05, 4.69) is 47.5 Å². The van der Waals surface area contributed by atoms with Crippen LogP contribution in [0.3, 0.4) is 0 Å². The lowest BCUT2D eigenvalue weighted by Gasteiger charge is -2.23. The van der Waals surface area contributed by atoms with Crippen LogP contribution in [-0.2, 0) is 5.54 Å². The molecule has 2 aromatic carbocycles. The maximum absolute atomic E-state index is 6.23. The molecule has 7 heteroatoms. The molecule has 5 rings (SSSR count). The number of hydrogen-bond donors (Lipinski definition) is 1. The number of aromatic nitrogens is 1. The molecule has 0 bridgehead atoms. The van der Waals surface area contributed by atoms with E-state index in [9.17, 15) is 0 Å². The van der Waals surface area contributed by atoms with E-state index in [-0.39, 0.29) is 11.6 Å². The summed E-state index contributed by atoms with van der Waals surface area (Å²) in [5, 5.41) is 5.36. The Morgan fingerprint density at radius 3 is 2.72 bits per heavy atom. The molecule has 3 aromatic rings. The molecule has 1 fully saturated rings. The van der Waals surface area contributed by atoms with E-state index >= 15 is 0 Å².